The summed E-state index contributed by atoms with van der Waals surface area (Å²) < 4.78 is 66.6. The van der Waals surface area contributed by atoms with E-state index in [2.05, 4.69) is 0 Å². The Kier molecular flexibility index (Phi) is 6.87. The van der Waals surface area contributed by atoms with Crippen molar-refractivity contribution < 1.29 is 31.2 Å². The molecule has 1 aromatic heterocycles. The molecule has 1 amide bonds. The van der Waals surface area contributed by atoms with Crippen molar-refractivity contribution in [2.45, 2.75) is 31.6 Å². The van der Waals surface area contributed by atoms with Crippen LogP contribution in [0.1, 0.15) is 33.0 Å². The molecule has 2 heterocycles. The molecule has 0 spiro atoms. The smallest absolute Gasteiger partial charge is 0.246 e. The molecule has 0 bridgehead atoms. The van der Waals surface area contributed by atoms with E-state index in [0.29, 0.717) is 17.7 Å². The Bertz CT molecular complexity index is 1120. The third-order valence-corrected chi connectivity index (χ3v) is 8.00. The Morgan fingerprint density at radius 3 is 2.23 bits per heavy atom. The molecule has 1 aromatic carbocycles. The summed E-state index contributed by atoms with van der Waals surface area (Å²) in [6.45, 7) is 3.61. The molecule has 1 aliphatic heterocycles. The second-order valence-electron chi connectivity index (χ2n) is 7.21. The van der Waals surface area contributed by atoms with Gasteiger partial charge in [-0.15, -0.1) is 11.3 Å². The molecule has 0 unspecified atom stereocenters. The van der Waals surface area contributed by atoms with Gasteiger partial charge in [-0.05, 0) is 32.0 Å². The number of rotatable bonds is 6. The van der Waals surface area contributed by atoms with Crippen molar-refractivity contribution >= 4 is 33.1 Å². The van der Waals surface area contributed by atoms with Gasteiger partial charge in [-0.2, -0.15) is 4.31 Å². The number of benzene rings is 1. The minimum absolute atomic E-state index is 0.00226. The maximum absolute atomic E-state index is 13.9. The van der Waals surface area contributed by atoms with E-state index in [1.807, 2.05) is 13.8 Å². The van der Waals surface area contributed by atoms with Gasteiger partial charge in [0.25, 0.3) is 0 Å². The molecule has 1 saturated heterocycles. The predicted octanol–water partition coefficient (Wildman–Crippen LogP) is 3.28. The van der Waals surface area contributed by atoms with Crippen LogP contribution in [0.5, 0.6) is 0 Å². The van der Waals surface area contributed by atoms with Crippen molar-refractivity contribution in [1.29, 1.82) is 0 Å². The summed E-state index contributed by atoms with van der Waals surface area (Å²) in [7, 11) is -4.38. The van der Waals surface area contributed by atoms with Gasteiger partial charge in [0.15, 0.2) is 23.2 Å². The van der Waals surface area contributed by atoms with Gasteiger partial charge in [-0.25, -0.2) is 21.6 Å². The van der Waals surface area contributed by atoms with Gasteiger partial charge in [0.1, 0.15) is 4.90 Å². The highest BCUT2D eigenvalue weighted by atomic mass is 32.2. The average Bonchev–Trinajstić information content (AvgIpc) is 3.08. The van der Waals surface area contributed by atoms with Gasteiger partial charge in [0.2, 0.25) is 15.9 Å². The van der Waals surface area contributed by atoms with Crippen molar-refractivity contribution in [3.05, 3.63) is 51.0 Å². The maximum atomic E-state index is 13.9. The van der Waals surface area contributed by atoms with Crippen LogP contribution in [0.15, 0.2) is 23.1 Å². The lowest BCUT2D eigenvalue weighted by molar-refractivity contribution is -0.132. The lowest BCUT2D eigenvalue weighted by Crippen LogP contribution is -2.50. The van der Waals surface area contributed by atoms with Crippen molar-refractivity contribution in [1.82, 2.24) is 9.21 Å². The van der Waals surface area contributed by atoms with Gasteiger partial charge in [-0.1, -0.05) is 0 Å². The van der Waals surface area contributed by atoms with Gasteiger partial charge in [0.05, 0.1) is 0 Å². The molecule has 0 N–H and O–H groups in total. The van der Waals surface area contributed by atoms with Gasteiger partial charge < -0.3 is 4.90 Å². The fourth-order valence-electron chi connectivity index (χ4n) is 3.45. The van der Waals surface area contributed by atoms with E-state index in [4.69, 9.17) is 0 Å². The zero-order valence-corrected chi connectivity index (χ0v) is 18.6. The minimum Gasteiger partial charge on any atom is -0.340 e. The Hall–Kier alpha value is -2.24. The van der Waals surface area contributed by atoms with Crippen molar-refractivity contribution in [2.24, 2.45) is 0 Å². The highest BCUT2D eigenvalue weighted by molar-refractivity contribution is 7.89. The molecule has 168 valence electrons. The number of ketones is 1. The number of hydrogen-bond acceptors (Lipinski definition) is 5. The van der Waals surface area contributed by atoms with Crippen molar-refractivity contribution in [3.8, 4) is 0 Å². The monoisotopic (exact) mass is 474 g/mol. The zero-order chi connectivity index (χ0) is 22.9. The van der Waals surface area contributed by atoms with E-state index >= 15 is 0 Å². The molecule has 3 rings (SSSR count). The fraction of sp³-hybridized carbons (Fsp3) is 0.400. The number of halogens is 3. The third-order valence-electron chi connectivity index (χ3n) is 5.12. The number of piperazine rings is 1. The molecular formula is C20H21F3N2O4S2. The first-order chi connectivity index (χ1) is 14.5. The van der Waals surface area contributed by atoms with E-state index in [9.17, 15) is 31.2 Å². The van der Waals surface area contributed by atoms with Gasteiger partial charge in [-0.3, -0.25) is 9.59 Å². The van der Waals surface area contributed by atoms with Gasteiger partial charge in [0, 0.05) is 54.3 Å². The molecule has 2 aromatic rings. The first-order valence-electron chi connectivity index (χ1n) is 9.54. The number of Topliss-reactive ketones (excluding diaryl/α,β-unsaturated/α-hetero) is 1. The Morgan fingerprint density at radius 1 is 1.00 bits per heavy atom. The summed E-state index contributed by atoms with van der Waals surface area (Å²) in [6.07, 6.45) is 0.0478. The number of carbonyl (C=O) groups excluding carboxylic acids is 2. The summed E-state index contributed by atoms with van der Waals surface area (Å²) >= 11 is 1.51. The van der Waals surface area contributed by atoms with Crippen LogP contribution in [0, 0.1) is 31.3 Å². The number of nitrogens with zero attached hydrogens (tertiary/aromatic N) is 2. The number of amides is 1. The molecular weight excluding hydrogens is 453 g/mol. The standard InChI is InChI=1S/C20H21F3N2O4S2/c1-12-11-14(13(2)30-12)16(26)4-6-18(27)24-7-9-25(10-8-24)31(28,29)17-5-3-15(21)19(22)20(17)23/h3,5,11H,4,6-10H2,1-2H3. The summed E-state index contributed by atoms with van der Waals surface area (Å²) in [5.41, 5.74) is 0.611. The summed E-state index contributed by atoms with van der Waals surface area (Å²) in [6, 6.07) is 3.03. The summed E-state index contributed by atoms with van der Waals surface area (Å²) in [5, 5.41) is 0. The van der Waals surface area contributed by atoms with Crippen LogP contribution in [0.25, 0.3) is 0 Å². The van der Waals surface area contributed by atoms with Crippen molar-refractivity contribution in [3.63, 3.8) is 0 Å². The minimum atomic E-state index is -4.38. The molecule has 1 aliphatic rings. The van der Waals surface area contributed by atoms with Crippen LogP contribution in [0.2, 0.25) is 0 Å². The Labute approximate surface area is 182 Å². The highest BCUT2D eigenvalue weighted by Crippen LogP contribution is 2.25. The molecule has 1 fully saturated rings. The average molecular weight is 475 g/mol. The van der Waals surface area contributed by atoms with Crippen molar-refractivity contribution in [2.75, 3.05) is 26.2 Å². The SMILES string of the molecule is Cc1cc(C(=O)CCC(=O)N2CCN(S(=O)(=O)c3ccc(F)c(F)c3F)CC2)c(C)s1. The number of aryl methyl sites for hydroxylation is 2. The molecule has 0 saturated carbocycles. The van der Waals surface area contributed by atoms with E-state index in [1.54, 1.807) is 6.07 Å². The molecule has 6 nitrogen and oxygen atoms in total. The molecule has 0 radical (unpaired) electrons. The predicted molar refractivity (Wildman–Crippen MR) is 109 cm³/mol. The topological polar surface area (TPSA) is 74.8 Å². The number of carbonyl (C=O) groups is 2. The number of sulfonamides is 1. The van der Waals surface area contributed by atoms with Crippen LogP contribution < -0.4 is 0 Å². The number of hydrogen-bond donors (Lipinski definition) is 0. The van der Waals surface area contributed by atoms with E-state index < -0.39 is 32.4 Å². The van der Waals surface area contributed by atoms with Crippen LogP contribution in [-0.4, -0.2) is 55.5 Å². The van der Waals surface area contributed by atoms with Crippen LogP contribution in [0.4, 0.5) is 13.2 Å². The Balaban J connectivity index is 1.59. The highest BCUT2D eigenvalue weighted by Gasteiger charge is 2.33. The second kappa shape index (κ2) is 9.09. The van der Waals surface area contributed by atoms with Gasteiger partial charge >= 0.3 is 0 Å². The molecule has 0 atom stereocenters. The summed E-state index contributed by atoms with van der Waals surface area (Å²) in [4.78, 5) is 27.2. The van der Waals surface area contributed by atoms with Crippen LogP contribution >= 0.6 is 11.3 Å². The second-order valence-corrected chi connectivity index (χ2v) is 10.6. The van der Waals surface area contributed by atoms with Crippen LogP contribution in [-0.2, 0) is 14.8 Å². The van der Waals surface area contributed by atoms with E-state index in [0.717, 1.165) is 14.1 Å². The lowest BCUT2D eigenvalue weighted by Gasteiger charge is -2.34. The van der Waals surface area contributed by atoms with E-state index in [1.165, 1.54) is 16.2 Å². The number of thiophene rings is 1. The molecule has 31 heavy (non-hydrogen) atoms. The summed E-state index contributed by atoms with van der Waals surface area (Å²) in [5.74, 6) is -5.50. The Morgan fingerprint density at radius 2 is 1.65 bits per heavy atom. The first kappa shape index (κ1) is 23.4. The maximum Gasteiger partial charge on any atom is 0.246 e. The normalized spacial score (nSPS) is 15.3. The molecule has 0 aliphatic carbocycles. The van der Waals surface area contributed by atoms with Crippen LogP contribution in [0.3, 0.4) is 0 Å². The molecule has 11 heteroatoms. The fourth-order valence-corrected chi connectivity index (χ4v) is 5.87. The third kappa shape index (κ3) is 4.83. The lowest BCUT2D eigenvalue weighted by atomic mass is 10.1. The first-order valence-corrected chi connectivity index (χ1v) is 11.8. The quantitative estimate of drug-likeness (QED) is 0.476. The largest absolute Gasteiger partial charge is 0.340 e. The zero-order valence-electron chi connectivity index (χ0n) is 17.0. The van der Waals surface area contributed by atoms with E-state index in [-0.39, 0.29) is 50.7 Å².